The quantitative estimate of drug-likeness (QED) is 0.164. The lowest BCUT2D eigenvalue weighted by Gasteiger charge is -2.15. The van der Waals surface area contributed by atoms with Crippen LogP contribution >= 0.6 is 0 Å². The fraction of sp³-hybridized carbons (Fsp3) is 0.296. The van der Waals surface area contributed by atoms with Gasteiger partial charge in [0.2, 0.25) is 0 Å². The molecule has 0 saturated carbocycles. The number of fused-ring (bicyclic) bond motifs is 2. The smallest absolute Gasteiger partial charge is 0.387 e. The number of alkyl halides is 2. The Kier molecular flexibility index (Phi) is 7.58. The summed E-state index contributed by atoms with van der Waals surface area (Å²) in [5.74, 6) is -1.19. The van der Waals surface area contributed by atoms with E-state index in [2.05, 4.69) is 39.3 Å². The van der Waals surface area contributed by atoms with Gasteiger partial charge in [-0.2, -0.15) is 13.9 Å². The molecule has 208 valence electrons. The fourth-order valence-electron chi connectivity index (χ4n) is 4.27. The predicted octanol–water partition coefficient (Wildman–Crippen LogP) is 5.50. The number of benzene rings is 1. The summed E-state index contributed by atoms with van der Waals surface area (Å²) in [5.41, 5.74) is 2.67. The number of rotatable bonds is 11. The summed E-state index contributed by atoms with van der Waals surface area (Å²) in [6.45, 7) is 4.82. The summed E-state index contributed by atoms with van der Waals surface area (Å²) in [6, 6.07) is 9.23. The van der Waals surface area contributed by atoms with E-state index < -0.39 is 20.7 Å². The first-order valence-electron chi connectivity index (χ1n) is 12.6. The van der Waals surface area contributed by atoms with Gasteiger partial charge in [-0.3, -0.25) is 9.67 Å². The summed E-state index contributed by atoms with van der Waals surface area (Å²) < 4.78 is 39.7. The largest absolute Gasteiger partial charge is 0.478 e. The first-order chi connectivity index (χ1) is 19.1. The summed E-state index contributed by atoms with van der Waals surface area (Å²) in [5, 5.41) is 15.1. The maximum Gasteiger partial charge on any atom is 0.387 e. The van der Waals surface area contributed by atoms with Crippen LogP contribution in [0.1, 0.15) is 15.9 Å². The van der Waals surface area contributed by atoms with E-state index in [0.29, 0.717) is 35.4 Å². The molecule has 4 heterocycles. The molecule has 0 fully saturated rings. The minimum absolute atomic E-state index is 0.0287. The van der Waals surface area contributed by atoms with Crippen LogP contribution in [0.15, 0.2) is 55.1 Å². The lowest BCUT2D eigenvalue weighted by atomic mass is 10.1. The highest BCUT2D eigenvalue weighted by atomic mass is 28.3. The van der Waals surface area contributed by atoms with Crippen LogP contribution in [0.4, 0.5) is 8.78 Å². The molecule has 0 radical (unpaired) electrons. The third-order valence-electron chi connectivity index (χ3n) is 6.27. The molecule has 0 aliphatic rings. The van der Waals surface area contributed by atoms with Gasteiger partial charge < -0.3 is 19.1 Å². The molecule has 5 aromatic rings. The summed E-state index contributed by atoms with van der Waals surface area (Å²) in [4.78, 5) is 25.4. The van der Waals surface area contributed by atoms with Crippen molar-refractivity contribution in [2.24, 2.45) is 0 Å². The highest BCUT2D eigenvalue weighted by Gasteiger charge is 2.21. The van der Waals surface area contributed by atoms with Gasteiger partial charge in [-0.25, -0.2) is 14.8 Å². The molecule has 0 spiro atoms. The molecular weight excluding hydrogens is 538 g/mol. The third-order valence-corrected chi connectivity index (χ3v) is 7.97. The maximum atomic E-state index is 13.0. The van der Waals surface area contributed by atoms with Crippen LogP contribution < -0.4 is 4.74 Å². The average molecular weight is 567 g/mol. The number of carboxylic acid groups (broad SMARTS) is 1. The summed E-state index contributed by atoms with van der Waals surface area (Å²) in [7, 11) is -1.28. The molecule has 10 nitrogen and oxygen atoms in total. The molecular formula is C27H28F2N6O4Si. The summed E-state index contributed by atoms with van der Waals surface area (Å²) >= 11 is 0. The molecule has 0 atom stereocenters. The second-order valence-corrected chi connectivity index (χ2v) is 16.1. The topological polar surface area (TPSA) is 117 Å². The molecule has 5 rings (SSSR count). The van der Waals surface area contributed by atoms with E-state index in [4.69, 9.17) is 9.84 Å². The molecule has 0 amide bonds. The van der Waals surface area contributed by atoms with Crippen molar-refractivity contribution in [3.8, 4) is 17.1 Å². The predicted molar refractivity (Wildman–Crippen MR) is 147 cm³/mol. The Bertz CT molecular complexity index is 1670. The highest BCUT2D eigenvalue weighted by Crippen LogP contribution is 2.32. The number of ether oxygens (including phenoxy) is 2. The zero-order valence-corrected chi connectivity index (χ0v) is 23.2. The zero-order chi connectivity index (χ0) is 28.4. The van der Waals surface area contributed by atoms with Gasteiger partial charge in [-0.05, 0) is 35.9 Å². The molecule has 0 saturated heterocycles. The summed E-state index contributed by atoms with van der Waals surface area (Å²) in [6.07, 6.45) is 6.32. The van der Waals surface area contributed by atoms with Gasteiger partial charge in [-0.15, -0.1) is 0 Å². The second kappa shape index (κ2) is 11.1. The van der Waals surface area contributed by atoms with Crippen LogP contribution in [0, 0.1) is 0 Å². The van der Waals surface area contributed by atoms with E-state index in [9.17, 15) is 18.7 Å². The average Bonchev–Trinajstić information content (AvgIpc) is 3.44. The van der Waals surface area contributed by atoms with Crippen molar-refractivity contribution in [2.75, 3.05) is 6.61 Å². The number of carboxylic acids is 1. The highest BCUT2D eigenvalue weighted by molar-refractivity contribution is 6.76. The number of aromatic carboxylic acids is 1. The first kappa shape index (κ1) is 27.3. The molecule has 40 heavy (non-hydrogen) atoms. The Morgan fingerprint density at radius 2 is 2.00 bits per heavy atom. The van der Waals surface area contributed by atoms with Gasteiger partial charge in [0.15, 0.2) is 5.65 Å². The molecule has 4 aromatic heterocycles. The van der Waals surface area contributed by atoms with Gasteiger partial charge in [0.25, 0.3) is 0 Å². The van der Waals surface area contributed by atoms with Crippen LogP contribution in [0.5, 0.6) is 5.75 Å². The van der Waals surface area contributed by atoms with Gasteiger partial charge in [0.1, 0.15) is 34.9 Å². The van der Waals surface area contributed by atoms with E-state index in [1.54, 1.807) is 27.7 Å². The standard InChI is InChI=1S/C27H28F2N6O4Si/c1-40(2,3)10-9-38-16-34-15-20(26(36)37)24-25(34)31-13-21(32-24)23-19-11-18(39-27(28)29)6-7-22(19)35(33-23)14-17-5-4-8-30-12-17/h4-8,11-13,15,27H,9-10,14,16H2,1-3H3,(H,36,37). The number of hydrogen-bond acceptors (Lipinski definition) is 7. The normalized spacial score (nSPS) is 12.1. The third kappa shape index (κ3) is 5.99. The molecule has 0 aliphatic carbocycles. The molecule has 0 aliphatic heterocycles. The number of pyridine rings is 1. The zero-order valence-electron chi connectivity index (χ0n) is 22.2. The second-order valence-electron chi connectivity index (χ2n) is 10.5. The van der Waals surface area contributed by atoms with Crippen molar-refractivity contribution in [1.29, 1.82) is 0 Å². The van der Waals surface area contributed by atoms with E-state index in [-0.39, 0.29) is 29.3 Å². The molecule has 13 heteroatoms. The Morgan fingerprint density at radius 3 is 2.70 bits per heavy atom. The van der Waals surface area contributed by atoms with Crippen LogP contribution in [-0.4, -0.2) is 61.7 Å². The van der Waals surface area contributed by atoms with Gasteiger partial charge in [-0.1, -0.05) is 25.7 Å². The Morgan fingerprint density at radius 1 is 1.18 bits per heavy atom. The SMILES string of the molecule is C[Si](C)(C)CCOCn1cc(C(=O)O)c2nc(-c3nn(Cc4cccnc4)c4ccc(OC(F)F)cc34)cnc21. The number of carbonyl (C=O) groups is 1. The number of nitrogens with zero attached hydrogens (tertiary/aromatic N) is 6. The molecule has 1 N–H and O–H groups in total. The van der Waals surface area contributed by atoms with Gasteiger partial charge in [0, 0.05) is 38.7 Å². The van der Waals surface area contributed by atoms with Crippen molar-refractivity contribution in [3.63, 3.8) is 0 Å². The van der Waals surface area contributed by atoms with E-state index in [0.717, 1.165) is 11.6 Å². The van der Waals surface area contributed by atoms with Crippen molar-refractivity contribution in [1.82, 2.24) is 29.3 Å². The molecule has 1 aromatic carbocycles. The van der Waals surface area contributed by atoms with Crippen LogP contribution in [0.3, 0.4) is 0 Å². The van der Waals surface area contributed by atoms with Crippen molar-refractivity contribution >= 4 is 36.1 Å². The minimum atomic E-state index is -2.99. The Balaban J connectivity index is 1.57. The first-order valence-corrected chi connectivity index (χ1v) is 16.3. The van der Waals surface area contributed by atoms with Crippen molar-refractivity contribution in [3.05, 3.63) is 66.2 Å². The fourth-order valence-corrected chi connectivity index (χ4v) is 5.03. The number of hydrogen-bond donors (Lipinski definition) is 1. The Hall–Kier alpha value is -4.23. The van der Waals surface area contributed by atoms with E-state index in [1.807, 2.05) is 12.1 Å². The maximum absolute atomic E-state index is 13.0. The van der Waals surface area contributed by atoms with Crippen LogP contribution in [-0.2, 0) is 18.0 Å². The van der Waals surface area contributed by atoms with Crippen molar-refractivity contribution < 1.29 is 28.2 Å². The molecule has 0 bridgehead atoms. The van der Waals surface area contributed by atoms with Gasteiger partial charge in [0.05, 0.1) is 18.3 Å². The van der Waals surface area contributed by atoms with E-state index in [1.165, 1.54) is 24.5 Å². The lowest BCUT2D eigenvalue weighted by Crippen LogP contribution is -2.22. The van der Waals surface area contributed by atoms with Crippen LogP contribution in [0.2, 0.25) is 25.7 Å². The van der Waals surface area contributed by atoms with Crippen LogP contribution in [0.25, 0.3) is 33.5 Å². The van der Waals surface area contributed by atoms with Gasteiger partial charge >= 0.3 is 12.6 Å². The number of aromatic nitrogens is 6. The number of halogens is 2. The molecule has 0 unspecified atom stereocenters. The Labute approximate surface area is 229 Å². The van der Waals surface area contributed by atoms with Crippen molar-refractivity contribution in [2.45, 2.75) is 45.6 Å². The minimum Gasteiger partial charge on any atom is -0.478 e. The monoisotopic (exact) mass is 566 g/mol. The lowest BCUT2D eigenvalue weighted by molar-refractivity contribution is -0.0497. The van der Waals surface area contributed by atoms with E-state index >= 15 is 0 Å².